The first kappa shape index (κ1) is 28.5. The molecule has 2 unspecified atom stereocenters. The van der Waals surface area contributed by atoms with Crippen LogP contribution >= 0.6 is 24.8 Å². The quantitative estimate of drug-likeness (QED) is 0.419. The maximum absolute atomic E-state index is 10.7. The highest BCUT2D eigenvalue weighted by atomic mass is 35.5. The molecule has 0 radical (unpaired) electrons. The summed E-state index contributed by atoms with van der Waals surface area (Å²) < 4.78 is 5.79. The smallest absolute Gasteiger partial charge is 0.125 e. The van der Waals surface area contributed by atoms with Crippen LogP contribution in [0.4, 0.5) is 5.69 Å². The number of para-hydroxylation sites is 1. The highest BCUT2D eigenvalue weighted by molar-refractivity contribution is 5.85. The molecule has 0 saturated heterocycles. The zero-order valence-electron chi connectivity index (χ0n) is 18.1. The summed E-state index contributed by atoms with van der Waals surface area (Å²) >= 11 is 0. The van der Waals surface area contributed by atoms with Crippen LogP contribution in [-0.2, 0) is 6.42 Å². The van der Waals surface area contributed by atoms with Gasteiger partial charge in [0.2, 0.25) is 0 Å². The van der Waals surface area contributed by atoms with E-state index in [2.05, 4.69) is 41.4 Å². The van der Waals surface area contributed by atoms with Crippen LogP contribution in [0.15, 0.2) is 48.5 Å². The summed E-state index contributed by atoms with van der Waals surface area (Å²) in [5.74, 6) is 0.632. The van der Waals surface area contributed by atoms with E-state index in [-0.39, 0.29) is 31.4 Å². The number of nitrogens with one attached hydrogen (secondary N) is 1. The highest BCUT2D eigenvalue weighted by Crippen LogP contribution is 2.28. The number of nitrogens with zero attached hydrogens (tertiary/aromatic N) is 1. The number of halogens is 2. The van der Waals surface area contributed by atoms with E-state index < -0.39 is 12.2 Å². The molecule has 0 heterocycles. The van der Waals surface area contributed by atoms with E-state index in [1.54, 1.807) is 0 Å². The second-order valence-corrected chi connectivity index (χ2v) is 7.32. The van der Waals surface area contributed by atoms with Crippen molar-refractivity contribution in [3.63, 3.8) is 0 Å². The van der Waals surface area contributed by atoms with Gasteiger partial charge in [0.15, 0.2) is 0 Å². The molecule has 7 heteroatoms. The average molecular weight is 459 g/mol. The molecule has 0 aromatic heterocycles. The first-order chi connectivity index (χ1) is 13.5. The summed E-state index contributed by atoms with van der Waals surface area (Å²) in [5, 5.41) is 23.9. The monoisotopic (exact) mass is 458 g/mol. The second kappa shape index (κ2) is 15.3. The molecule has 30 heavy (non-hydrogen) atoms. The van der Waals surface area contributed by atoms with E-state index in [1.807, 2.05) is 38.4 Å². The fourth-order valence-electron chi connectivity index (χ4n) is 3.00. The Morgan fingerprint density at radius 1 is 1.00 bits per heavy atom. The third-order valence-electron chi connectivity index (χ3n) is 4.68. The molecule has 2 aromatic rings. The largest absolute Gasteiger partial charge is 0.490 e. The SMILES string of the molecule is CCCNCC(O)COc1ccccc1C(O)CCc1ccc(N(C)C)cc1.Cl.Cl. The molecule has 3 N–H and O–H groups in total. The number of hydrogen-bond acceptors (Lipinski definition) is 5. The van der Waals surface area contributed by atoms with Gasteiger partial charge in [-0.25, -0.2) is 0 Å². The van der Waals surface area contributed by atoms with Crippen molar-refractivity contribution in [3.05, 3.63) is 59.7 Å². The predicted octanol–water partition coefficient (Wildman–Crippen LogP) is 4.00. The van der Waals surface area contributed by atoms with Crippen LogP contribution < -0.4 is 15.0 Å². The Bertz CT molecular complexity index is 699. The van der Waals surface area contributed by atoms with Crippen LogP contribution in [0.3, 0.4) is 0 Å². The first-order valence-corrected chi connectivity index (χ1v) is 10.1. The van der Waals surface area contributed by atoms with Crippen molar-refractivity contribution in [2.24, 2.45) is 0 Å². The normalized spacial score (nSPS) is 12.3. The van der Waals surface area contributed by atoms with Gasteiger partial charge >= 0.3 is 0 Å². The van der Waals surface area contributed by atoms with Crippen molar-refractivity contribution < 1.29 is 14.9 Å². The van der Waals surface area contributed by atoms with E-state index in [4.69, 9.17) is 4.74 Å². The Balaban J connectivity index is 0.00000420. The summed E-state index contributed by atoms with van der Waals surface area (Å²) in [6.07, 6.45) is 1.24. The van der Waals surface area contributed by atoms with Crippen LogP contribution in [0.25, 0.3) is 0 Å². The average Bonchev–Trinajstić information content (AvgIpc) is 2.71. The molecule has 0 aliphatic rings. The number of aryl methyl sites for hydroxylation is 1. The molecular weight excluding hydrogens is 423 g/mol. The molecule has 2 rings (SSSR count). The van der Waals surface area contributed by atoms with Crippen LogP contribution in [0.5, 0.6) is 5.75 Å². The predicted molar refractivity (Wildman–Crippen MR) is 130 cm³/mol. The van der Waals surface area contributed by atoms with Gasteiger partial charge in [-0.3, -0.25) is 0 Å². The molecule has 0 saturated carbocycles. The van der Waals surface area contributed by atoms with Gasteiger partial charge in [0.05, 0.1) is 6.10 Å². The Labute approximate surface area is 193 Å². The zero-order chi connectivity index (χ0) is 20.4. The number of anilines is 1. The second-order valence-electron chi connectivity index (χ2n) is 7.32. The van der Waals surface area contributed by atoms with E-state index in [0.29, 0.717) is 18.7 Å². The number of aliphatic hydroxyl groups excluding tert-OH is 2. The standard InChI is InChI=1S/C23H34N2O3.2ClH/c1-4-15-24-16-20(26)17-28-23-8-6-5-7-21(23)22(27)14-11-18-9-12-19(13-10-18)25(2)3;;/h5-10,12-13,20,22,24,26-27H,4,11,14-17H2,1-3H3;2*1H. The van der Waals surface area contributed by atoms with E-state index in [1.165, 1.54) is 5.56 Å². The maximum Gasteiger partial charge on any atom is 0.125 e. The van der Waals surface area contributed by atoms with Crippen molar-refractivity contribution in [3.8, 4) is 5.75 Å². The molecule has 0 amide bonds. The van der Waals surface area contributed by atoms with Gasteiger partial charge in [-0.05, 0) is 49.6 Å². The van der Waals surface area contributed by atoms with Crippen LogP contribution in [0.1, 0.15) is 37.0 Å². The minimum Gasteiger partial charge on any atom is -0.490 e. The van der Waals surface area contributed by atoms with Gasteiger partial charge in [-0.2, -0.15) is 0 Å². The minimum atomic E-state index is -0.611. The lowest BCUT2D eigenvalue weighted by atomic mass is 10.0. The number of hydrogen-bond donors (Lipinski definition) is 3. The van der Waals surface area contributed by atoms with Gasteiger partial charge < -0.3 is 25.2 Å². The summed E-state index contributed by atoms with van der Waals surface area (Å²) in [6.45, 7) is 3.67. The molecule has 170 valence electrons. The molecule has 5 nitrogen and oxygen atoms in total. The minimum absolute atomic E-state index is 0. The fourth-order valence-corrected chi connectivity index (χ4v) is 3.00. The third-order valence-corrected chi connectivity index (χ3v) is 4.68. The molecule has 0 aliphatic carbocycles. The molecule has 0 spiro atoms. The molecular formula is C23H36Cl2N2O3. The highest BCUT2D eigenvalue weighted by Gasteiger charge is 2.14. The lowest BCUT2D eigenvalue weighted by Gasteiger charge is -2.18. The van der Waals surface area contributed by atoms with Crippen molar-refractivity contribution in [2.75, 3.05) is 38.7 Å². The summed E-state index contributed by atoms with van der Waals surface area (Å²) in [6, 6.07) is 15.9. The lowest BCUT2D eigenvalue weighted by Crippen LogP contribution is -2.32. The van der Waals surface area contributed by atoms with Gasteiger partial charge in [0.1, 0.15) is 18.5 Å². The Hall–Kier alpha value is -1.50. The molecule has 2 atom stereocenters. The van der Waals surface area contributed by atoms with E-state index in [0.717, 1.165) is 30.6 Å². The maximum atomic E-state index is 10.7. The van der Waals surface area contributed by atoms with Crippen molar-refractivity contribution >= 4 is 30.5 Å². The van der Waals surface area contributed by atoms with Gasteiger partial charge in [0.25, 0.3) is 0 Å². The Morgan fingerprint density at radius 3 is 2.30 bits per heavy atom. The Morgan fingerprint density at radius 2 is 1.67 bits per heavy atom. The van der Waals surface area contributed by atoms with Crippen LogP contribution in [-0.4, -0.2) is 50.1 Å². The number of ether oxygens (including phenoxy) is 1. The third kappa shape index (κ3) is 9.54. The first-order valence-electron chi connectivity index (χ1n) is 10.1. The summed E-state index contributed by atoms with van der Waals surface area (Å²) in [4.78, 5) is 2.07. The number of aliphatic hydroxyl groups is 2. The molecule has 0 aliphatic heterocycles. The van der Waals surface area contributed by atoms with Crippen molar-refractivity contribution in [2.45, 2.75) is 38.4 Å². The zero-order valence-corrected chi connectivity index (χ0v) is 19.7. The van der Waals surface area contributed by atoms with Gasteiger partial charge in [-0.1, -0.05) is 37.3 Å². The van der Waals surface area contributed by atoms with Gasteiger partial charge in [-0.15, -0.1) is 24.8 Å². The number of rotatable bonds is 12. The topological polar surface area (TPSA) is 65.0 Å². The molecule has 0 fully saturated rings. The fraction of sp³-hybridized carbons (Fsp3) is 0.478. The summed E-state index contributed by atoms with van der Waals surface area (Å²) in [5.41, 5.74) is 3.12. The summed E-state index contributed by atoms with van der Waals surface area (Å²) in [7, 11) is 4.04. The molecule has 0 bridgehead atoms. The van der Waals surface area contributed by atoms with Crippen LogP contribution in [0.2, 0.25) is 0 Å². The number of benzene rings is 2. The van der Waals surface area contributed by atoms with Crippen molar-refractivity contribution in [1.29, 1.82) is 0 Å². The van der Waals surface area contributed by atoms with Crippen LogP contribution in [0, 0.1) is 0 Å². The van der Waals surface area contributed by atoms with E-state index >= 15 is 0 Å². The van der Waals surface area contributed by atoms with E-state index in [9.17, 15) is 10.2 Å². The van der Waals surface area contributed by atoms with Crippen molar-refractivity contribution in [1.82, 2.24) is 5.32 Å². The Kier molecular flexibility index (Phi) is 14.6. The molecule has 2 aromatic carbocycles. The van der Waals surface area contributed by atoms with Gasteiger partial charge in [0, 0.05) is 31.9 Å². The lowest BCUT2D eigenvalue weighted by molar-refractivity contribution is 0.102.